The Bertz CT molecular complexity index is 70.8. The second-order valence-corrected chi connectivity index (χ2v) is 2.80. The highest BCUT2D eigenvalue weighted by molar-refractivity contribution is 4.89. The van der Waals surface area contributed by atoms with Crippen molar-refractivity contribution < 1.29 is 0 Å². The Morgan fingerprint density at radius 3 is 2.62 bits per heavy atom. The minimum Gasteiger partial charge on any atom is -0.327 e. The third-order valence-corrected chi connectivity index (χ3v) is 1.91. The Hall–Kier alpha value is -0.0400. The average Bonchev–Trinajstić information content (AvgIpc) is 2.42. The van der Waals surface area contributed by atoms with Gasteiger partial charge in [-0.1, -0.05) is 19.8 Å². The molecule has 1 aliphatic carbocycles. The number of hydrogen-bond donors (Lipinski definition) is 1. The molecule has 0 aromatic carbocycles. The van der Waals surface area contributed by atoms with Gasteiger partial charge < -0.3 is 5.73 Å². The molecule has 2 N–H and O–H groups in total. The zero-order chi connectivity index (χ0) is 5.98. The van der Waals surface area contributed by atoms with E-state index >= 15 is 0 Å². The van der Waals surface area contributed by atoms with Gasteiger partial charge in [-0.2, -0.15) is 0 Å². The van der Waals surface area contributed by atoms with Crippen molar-refractivity contribution in [2.75, 3.05) is 0 Å². The van der Waals surface area contributed by atoms with Crippen LogP contribution < -0.4 is 5.73 Å². The summed E-state index contributed by atoms with van der Waals surface area (Å²) in [5.74, 6) is 0.898. The molecule has 1 rings (SSSR count). The number of nitrogens with two attached hydrogens (primary N) is 1. The van der Waals surface area contributed by atoms with Crippen LogP contribution in [0, 0.1) is 5.92 Å². The van der Waals surface area contributed by atoms with E-state index in [1.54, 1.807) is 0 Å². The van der Waals surface area contributed by atoms with Crippen molar-refractivity contribution in [2.24, 2.45) is 11.7 Å². The van der Waals surface area contributed by atoms with Crippen LogP contribution in [0.15, 0.2) is 0 Å². The lowest BCUT2D eigenvalue weighted by Gasteiger charge is -1.91. The van der Waals surface area contributed by atoms with Gasteiger partial charge in [0.05, 0.1) is 0 Å². The van der Waals surface area contributed by atoms with Gasteiger partial charge in [-0.3, -0.25) is 0 Å². The first-order valence-electron chi connectivity index (χ1n) is 3.60. The predicted octanol–water partition coefficient (Wildman–Crippen LogP) is 1.52. The summed E-state index contributed by atoms with van der Waals surface area (Å²) >= 11 is 0. The zero-order valence-electron chi connectivity index (χ0n) is 5.56. The molecule has 0 radical (unpaired) electrons. The normalized spacial score (nSPS) is 35.2. The summed E-state index contributed by atoms with van der Waals surface area (Å²) < 4.78 is 0. The minimum absolute atomic E-state index is 0.571. The Balaban J connectivity index is 1.89. The highest BCUT2D eigenvalue weighted by Crippen LogP contribution is 2.32. The Labute approximate surface area is 51.3 Å². The first kappa shape index (κ1) is 6.09. The molecule has 1 heteroatoms. The van der Waals surface area contributed by atoms with Gasteiger partial charge in [-0.25, -0.2) is 0 Å². The first-order valence-corrected chi connectivity index (χ1v) is 3.60. The highest BCUT2D eigenvalue weighted by atomic mass is 14.7. The van der Waals surface area contributed by atoms with E-state index in [-0.39, 0.29) is 0 Å². The summed E-state index contributed by atoms with van der Waals surface area (Å²) in [5, 5.41) is 0. The quantitative estimate of drug-likeness (QED) is 0.590. The molecule has 0 aromatic heterocycles. The largest absolute Gasteiger partial charge is 0.327 e. The van der Waals surface area contributed by atoms with E-state index in [0.717, 1.165) is 5.92 Å². The first-order chi connectivity index (χ1) is 3.84. The van der Waals surface area contributed by atoms with Crippen LogP contribution in [0.25, 0.3) is 0 Å². The Kier molecular flexibility index (Phi) is 1.90. The van der Waals surface area contributed by atoms with E-state index in [0.29, 0.717) is 6.04 Å². The molecule has 0 saturated heterocycles. The van der Waals surface area contributed by atoms with Gasteiger partial charge in [-0.15, -0.1) is 0 Å². The summed E-state index contributed by atoms with van der Waals surface area (Å²) in [6.45, 7) is 2.23. The van der Waals surface area contributed by atoms with Crippen LogP contribution >= 0.6 is 0 Å². The lowest BCUT2D eigenvalue weighted by atomic mass is 10.2. The molecule has 1 saturated carbocycles. The van der Waals surface area contributed by atoms with E-state index in [1.807, 2.05) is 0 Å². The fourth-order valence-corrected chi connectivity index (χ4v) is 1.07. The molecule has 1 fully saturated rings. The smallest absolute Gasteiger partial charge is 0.00709 e. The maximum Gasteiger partial charge on any atom is 0.00709 e. The third-order valence-electron chi connectivity index (χ3n) is 1.91. The standard InChI is InChI=1S/C7H15N/c1-2-3-4-6-5-7(6)8/h6-7H,2-5,8H2,1H3/t6-,7-/m1/s1. The molecular formula is C7H15N. The molecule has 0 aromatic rings. The van der Waals surface area contributed by atoms with E-state index in [9.17, 15) is 0 Å². The molecule has 48 valence electrons. The summed E-state index contributed by atoms with van der Waals surface area (Å²) in [4.78, 5) is 0. The molecule has 0 spiro atoms. The topological polar surface area (TPSA) is 26.0 Å². The van der Waals surface area contributed by atoms with Gasteiger partial charge in [0.25, 0.3) is 0 Å². The van der Waals surface area contributed by atoms with Gasteiger partial charge in [0.2, 0.25) is 0 Å². The lowest BCUT2D eigenvalue weighted by molar-refractivity contribution is 0.638. The van der Waals surface area contributed by atoms with E-state index in [1.165, 1.54) is 25.7 Å². The van der Waals surface area contributed by atoms with Crippen molar-refractivity contribution in [2.45, 2.75) is 38.6 Å². The maximum absolute atomic E-state index is 5.61. The van der Waals surface area contributed by atoms with Crippen LogP contribution in [0.1, 0.15) is 32.6 Å². The maximum atomic E-state index is 5.61. The van der Waals surface area contributed by atoms with Crippen LogP contribution in [-0.4, -0.2) is 6.04 Å². The Morgan fingerprint density at radius 1 is 1.62 bits per heavy atom. The molecule has 0 unspecified atom stereocenters. The van der Waals surface area contributed by atoms with Crippen molar-refractivity contribution in [3.8, 4) is 0 Å². The van der Waals surface area contributed by atoms with E-state index < -0.39 is 0 Å². The molecule has 0 heterocycles. The van der Waals surface area contributed by atoms with Gasteiger partial charge >= 0.3 is 0 Å². The number of hydrogen-bond acceptors (Lipinski definition) is 1. The SMILES string of the molecule is CCCC[C@@H]1C[C@H]1N. The lowest BCUT2D eigenvalue weighted by Crippen LogP contribution is -2.01. The second-order valence-electron chi connectivity index (χ2n) is 2.80. The van der Waals surface area contributed by atoms with Crippen LogP contribution in [0.3, 0.4) is 0 Å². The zero-order valence-corrected chi connectivity index (χ0v) is 5.56. The molecule has 1 aliphatic rings. The predicted molar refractivity (Wildman–Crippen MR) is 35.6 cm³/mol. The monoisotopic (exact) mass is 113 g/mol. The fraction of sp³-hybridized carbons (Fsp3) is 1.00. The summed E-state index contributed by atoms with van der Waals surface area (Å²) in [5.41, 5.74) is 5.61. The van der Waals surface area contributed by atoms with E-state index in [4.69, 9.17) is 5.73 Å². The molecule has 0 amide bonds. The summed E-state index contributed by atoms with van der Waals surface area (Å²) in [6.07, 6.45) is 5.36. The average molecular weight is 113 g/mol. The molecular weight excluding hydrogens is 98.1 g/mol. The van der Waals surface area contributed by atoms with Gasteiger partial charge in [0, 0.05) is 6.04 Å². The highest BCUT2D eigenvalue weighted by Gasteiger charge is 2.31. The van der Waals surface area contributed by atoms with Crippen LogP contribution in [0.4, 0.5) is 0 Å². The molecule has 0 aliphatic heterocycles. The van der Waals surface area contributed by atoms with Gasteiger partial charge in [0.1, 0.15) is 0 Å². The van der Waals surface area contributed by atoms with E-state index in [2.05, 4.69) is 6.92 Å². The Morgan fingerprint density at radius 2 is 2.25 bits per heavy atom. The minimum atomic E-state index is 0.571. The molecule has 8 heavy (non-hydrogen) atoms. The van der Waals surface area contributed by atoms with Crippen molar-refractivity contribution in [1.29, 1.82) is 0 Å². The number of unbranched alkanes of at least 4 members (excludes halogenated alkanes) is 1. The molecule has 1 nitrogen and oxygen atoms in total. The third kappa shape index (κ3) is 1.48. The van der Waals surface area contributed by atoms with Crippen LogP contribution in [0.2, 0.25) is 0 Å². The molecule has 0 bridgehead atoms. The van der Waals surface area contributed by atoms with Gasteiger partial charge in [0.15, 0.2) is 0 Å². The second kappa shape index (κ2) is 2.49. The summed E-state index contributed by atoms with van der Waals surface area (Å²) in [6, 6.07) is 0.571. The molecule has 2 atom stereocenters. The van der Waals surface area contributed by atoms with Crippen molar-refractivity contribution in [1.82, 2.24) is 0 Å². The van der Waals surface area contributed by atoms with Gasteiger partial charge in [-0.05, 0) is 18.8 Å². The van der Waals surface area contributed by atoms with Crippen LogP contribution in [-0.2, 0) is 0 Å². The van der Waals surface area contributed by atoms with Crippen molar-refractivity contribution in [3.05, 3.63) is 0 Å². The summed E-state index contributed by atoms with van der Waals surface area (Å²) in [7, 11) is 0. The number of rotatable bonds is 3. The van der Waals surface area contributed by atoms with Crippen molar-refractivity contribution in [3.63, 3.8) is 0 Å². The van der Waals surface area contributed by atoms with Crippen molar-refractivity contribution >= 4 is 0 Å². The van der Waals surface area contributed by atoms with Crippen LogP contribution in [0.5, 0.6) is 0 Å². The fourth-order valence-electron chi connectivity index (χ4n) is 1.07.